The molecule has 0 aliphatic rings. The van der Waals surface area contributed by atoms with Crippen molar-refractivity contribution in [1.29, 1.82) is 0 Å². The van der Waals surface area contributed by atoms with E-state index in [2.05, 4.69) is 0 Å². The van der Waals surface area contributed by atoms with Gasteiger partial charge in [-0.15, -0.1) is 0 Å². The number of carbonyl (C=O) groups is 2. The molecule has 0 heterocycles. The minimum Gasteiger partial charge on any atom is -0.481 e. The average Bonchev–Trinajstić information content (AvgIpc) is 1.85. The number of hydrogen-bond donors (Lipinski definition) is 4. The normalized spacial score (nSPS) is 11.2. The molecule has 1 amide bonds. The van der Waals surface area contributed by atoms with Gasteiger partial charge in [0.2, 0.25) is 0 Å². The molecule has 0 fully saturated rings. The van der Waals surface area contributed by atoms with Crippen LogP contribution in [0.4, 0.5) is 0 Å². The molecule has 0 saturated carbocycles. The third-order valence-corrected chi connectivity index (χ3v) is 1.44. The van der Waals surface area contributed by atoms with Crippen LogP contribution in [0.25, 0.3) is 0 Å². The Morgan fingerprint density at radius 1 is 1.33 bits per heavy atom. The van der Waals surface area contributed by atoms with Gasteiger partial charge in [-0.1, -0.05) is 0 Å². The second kappa shape index (κ2) is 4.03. The summed E-state index contributed by atoms with van der Waals surface area (Å²) in [7, 11) is 0. The molecule has 0 aliphatic heterocycles. The predicted octanol–water partition coefficient (Wildman–Crippen LogP) is -1.66. The van der Waals surface area contributed by atoms with Crippen molar-refractivity contribution < 1.29 is 14.7 Å². The molecular weight excluding hydrogens is 162 g/mol. The van der Waals surface area contributed by atoms with E-state index in [0.29, 0.717) is 0 Å². The molecule has 70 valence electrons. The summed E-state index contributed by atoms with van der Waals surface area (Å²) in [6.45, 7) is 0. The van der Waals surface area contributed by atoms with Crippen molar-refractivity contribution in [2.75, 3.05) is 0 Å². The second-order valence-electron chi connectivity index (χ2n) is 2.65. The first-order valence-electron chi connectivity index (χ1n) is 3.45. The van der Waals surface area contributed by atoms with Gasteiger partial charge >= 0.3 is 5.97 Å². The molecule has 0 rings (SSSR count). The van der Waals surface area contributed by atoms with Crippen LogP contribution in [-0.2, 0) is 9.59 Å². The lowest BCUT2D eigenvalue weighted by molar-refractivity contribution is -0.137. The summed E-state index contributed by atoms with van der Waals surface area (Å²) in [5.41, 5.74) is 13.8. The number of carbonyl (C=O) groups excluding carboxylic acids is 1. The molecular formula is C6H13N3O3. The SMILES string of the molecule is NC(=O)C(N)(N)CCCC(=O)O. The van der Waals surface area contributed by atoms with Crippen molar-refractivity contribution in [3.8, 4) is 0 Å². The van der Waals surface area contributed by atoms with Gasteiger partial charge < -0.3 is 22.3 Å². The van der Waals surface area contributed by atoms with Crippen molar-refractivity contribution in [3.05, 3.63) is 0 Å². The van der Waals surface area contributed by atoms with Crippen LogP contribution in [0.3, 0.4) is 0 Å². The quantitative estimate of drug-likeness (QED) is 0.371. The number of amides is 1. The largest absolute Gasteiger partial charge is 0.481 e. The van der Waals surface area contributed by atoms with Crippen LogP contribution < -0.4 is 17.2 Å². The second-order valence-corrected chi connectivity index (χ2v) is 2.65. The van der Waals surface area contributed by atoms with E-state index in [1.165, 1.54) is 0 Å². The zero-order chi connectivity index (χ0) is 9.78. The van der Waals surface area contributed by atoms with E-state index >= 15 is 0 Å². The maximum atomic E-state index is 10.5. The lowest BCUT2D eigenvalue weighted by atomic mass is 10.0. The highest BCUT2D eigenvalue weighted by Gasteiger charge is 2.25. The van der Waals surface area contributed by atoms with Gasteiger partial charge in [-0.2, -0.15) is 0 Å². The third kappa shape index (κ3) is 3.89. The minimum atomic E-state index is -1.59. The van der Waals surface area contributed by atoms with E-state index in [0.717, 1.165) is 0 Å². The predicted molar refractivity (Wildman–Crippen MR) is 41.8 cm³/mol. The number of aliphatic carboxylic acids is 1. The zero-order valence-corrected chi connectivity index (χ0v) is 6.62. The van der Waals surface area contributed by atoms with E-state index in [1.807, 2.05) is 0 Å². The molecule has 6 heteroatoms. The van der Waals surface area contributed by atoms with Crippen molar-refractivity contribution in [2.24, 2.45) is 17.2 Å². The van der Waals surface area contributed by atoms with Crippen LogP contribution in [0.5, 0.6) is 0 Å². The summed E-state index contributed by atoms with van der Waals surface area (Å²) in [4.78, 5) is 20.6. The van der Waals surface area contributed by atoms with Gasteiger partial charge in [0, 0.05) is 6.42 Å². The monoisotopic (exact) mass is 175 g/mol. The molecule has 0 aliphatic carbocycles. The average molecular weight is 175 g/mol. The Morgan fingerprint density at radius 3 is 2.17 bits per heavy atom. The highest BCUT2D eigenvalue weighted by molar-refractivity contribution is 5.83. The molecule has 0 atom stereocenters. The number of rotatable bonds is 5. The van der Waals surface area contributed by atoms with Crippen molar-refractivity contribution >= 4 is 11.9 Å². The van der Waals surface area contributed by atoms with E-state index in [9.17, 15) is 9.59 Å². The molecule has 0 saturated heterocycles. The third-order valence-electron chi connectivity index (χ3n) is 1.44. The Hall–Kier alpha value is -1.14. The summed E-state index contributed by atoms with van der Waals surface area (Å²) >= 11 is 0. The maximum Gasteiger partial charge on any atom is 0.303 e. The number of hydrogen-bond acceptors (Lipinski definition) is 4. The van der Waals surface area contributed by atoms with Gasteiger partial charge in [-0.3, -0.25) is 9.59 Å². The molecule has 0 bridgehead atoms. The Labute approximate surface area is 69.7 Å². The first kappa shape index (κ1) is 10.9. The fraction of sp³-hybridized carbons (Fsp3) is 0.667. The Bertz CT molecular complexity index is 190. The van der Waals surface area contributed by atoms with Crippen molar-refractivity contribution in [3.63, 3.8) is 0 Å². The lowest BCUT2D eigenvalue weighted by Crippen LogP contribution is -2.59. The summed E-state index contributed by atoms with van der Waals surface area (Å²) in [5.74, 6) is -1.77. The van der Waals surface area contributed by atoms with Gasteiger partial charge in [0.05, 0.1) is 0 Å². The number of nitrogens with two attached hydrogens (primary N) is 3. The van der Waals surface area contributed by atoms with E-state index < -0.39 is 17.5 Å². The van der Waals surface area contributed by atoms with Crippen LogP contribution in [0.15, 0.2) is 0 Å². The first-order valence-corrected chi connectivity index (χ1v) is 3.45. The molecule has 0 spiro atoms. The molecule has 0 radical (unpaired) electrons. The Kier molecular flexibility index (Phi) is 3.65. The summed E-state index contributed by atoms with van der Waals surface area (Å²) in [6, 6.07) is 0. The van der Waals surface area contributed by atoms with Crippen LogP contribution in [0.1, 0.15) is 19.3 Å². The highest BCUT2D eigenvalue weighted by atomic mass is 16.4. The van der Waals surface area contributed by atoms with Crippen LogP contribution in [0, 0.1) is 0 Å². The van der Waals surface area contributed by atoms with Gasteiger partial charge in [-0.05, 0) is 12.8 Å². The summed E-state index contributed by atoms with van der Waals surface area (Å²) < 4.78 is 0. The van der Waals surface area contributed by atoms with Crippen molar-refractivity contribution in [2.45, 2.75) is 24.9 Å². The maximum absolute atomic E-state index is 10.5. The standard InChI is InChI=1S/C6H13N3O3/c7-5(12)6(8,9)3-1-2-4(10)11/h1-3,8-9H2,(H2,7,12)(H,10,11). The molecule has 0 aromatic carbocycles. The molecule has 0 aromatic heterocycles. The molecule has 6 nitrogen and oxygen atoms in total. The Balaban J connectivity index is 3.76. The molecule has 0 aromatic rings. The molecule has 7 N–H and O–H groups in total. The van der Waals surface area contributed by atoms with Gasteiger partial charge in [0.1, 0.15) is 5.66 Å². The van der Waals surface area contributed by atoms with Crippen LogP contribution in [0.2, 0.25) is 0 Å². The first-order chi connectivity index (χ1) is 5.36. The summed E-state index contributed by atoms with van der Waals surface area (Å²) in [5, 5.41) is 8.25. The number of primary amides is 1. The van der Waals surface area contributed by atoms with Gasteiger partial charge in [0.15, 0.2) is 0 Å². The van der Waals surface area contributed by atoms with Crippen LogP contribution >= 0.6 is 0 Å². The fourth-order valence-corrected chi connectivity index (χ4v) is 0.655. The van der Waals surface area contributed by atoms with Gasteiger partial charge in [-0.25, -0.2) is 0 Å². The molecule has 0 unspecified atom stereocenters. The zero-order valence-electron chi connectivity index (χ0n) is 6.62. The minimum absolute atomic E-state index is 0.0660. The van der Waals surface area contributed by atoms with Crippen LogP contribution in [-0.4, -0.2) is 22.6 Å². The fourth-order valence-electron chi connectivity index (χ4n) is 0.655. The van der Waals surface area contributed by atoms with Crippen molar-refractivity contribution in [1.82, 2.24) is 0 Å². The summed E-state index contributed by atoms with van der Waals surface area (Å²) in [6.07, 6.45) is 0.253. The molecule has 12 heavy (non-hydrogen) atoms. The smallest absolute Gasteiger partial charge is 0.303 e. The van der Waals surface area contributed by atoms with E-state index in [1.54, 1.807) is 0 Å². The van der Waals surface area contributed by atoms with E-state index in [-0.39, 0.29) is 19.3 Å². The topological polar surface area (TPSA) is 132 Å². The lowest BCUT2D eigenvalue weighted by Gasteiger charge is -2.19. The number of carboxylic acid groups (broad SMARTS) is 1. The van der Waals surface area contributed by atoms with Gasteiger partial charge in [0.25, 0.3) is 5.91 Å². The highest BCUT2D eigenvalue weighted by Crippen LogP contribution is 2.04. The Morgan fingerprint density at radius 2 is 1.83 bits per heavy atom. The number of carboxylic acids is 1. The van der Waals surface area contributed by atoms with E-state index in [4.69, 9.17) is 22.3 Å².